The number of nitrogens with one attached hydrogen (secondary N) is 1. The molecule has 7 nitrogen and oxygen atoms in total. The van der Waals surface area contributed by atoms with Crippen molar-refractivity contribution in [2.75, 3.05) is 32.1 Å². The topological polar surface area (TPSA) is 71.8 Å². The maximum Gasteiger partial charge on any atom is 0.275 e. The minimum absolute atomic E-state index is 0.145. The quantitative estimate of drug-likeness (QED) is 0.703. The van der Waals surface area contributed by atoms with Gasteiger partial charge in [-0.1, -0.05) is 23.5 Å². The third-order valence-electron chi connectivity index (χ3n) is 4.90. The Kier molecular flexibility index (Phi) is 5.09. The van der Waals surface area contributed by atoms with Crippen molar-refractivity contribution >= 4 is 21.4 Å². The maximum absolute atomic E-state index is 12.1. The summed E-state index contributed by atoms with van der Waals surface area (Å²) in [6, 6.07) is 10.00. The van der Waals surface area contributed by atoms with Crippen molar-refractivity contribution in [3.8, 4) is 5.75 Å². The summed E-state index contributed by atoms with van der Waals surface area (Å²) in [5.41, 5.74) is 1.81. The van der Waals surface area contributed by atoms with Crippen LogP contribution in [0.1, 0.15) is 30.1 Å². The third-order valence-corrected chi connectivity index (χ3v) is 5.77. The summed E-state index contributed by atoms with van der Waals surface area (Å²) in [6.07, 6.45) is 2.46. The maximum atomic E-state index is 12.1. The molecule has 0 radical (unpaired) electrons. The molecule has 1 aliphatic rings. The molecule has 1 N–H and O–H groups in total. The predicted molar refractivity (Wildman–Crippen MR) is 107 cm³/mol. The molecule has 1 unspecified atom stereocenters. The van der Waals surface area contributed by atoms with Crippen LogP contribution in [0.15, 0.2) is 35.1 Å². The number of methoxy groups -OCH3 is 1. The fraction of sp³-hybridized carbons (Fsp3) is 0.421. The van der Waals surface area contributed by atoms with E-state index in [2.05, 4.69) is 32.4 Å². The Morgan fingerprint density at radius 1 is 1.26 bits per heavy atom. The van der Waals surface area contributed by atoms with Crippen molar-refractivity contribution in [3.63, 3.8) is 0 Å². The van der Waals surface area contributed by atoms with Crippen molar-refractivity contribution in [2.24, 2.45) is 0 Å². The number of hydrogen-bond acceptors (Lipinski definition) is 7. The van der Waals surface area contributed by atoms with E-state index >= 15 is 0 Å². The summed E-state index contributed by atoms with van der Waals surface area (Å²) < 4.78 is 6.64. The van der Waals surface area contributed by atoms with Crippen molar-refractivity contribution in [2.45, 2.75) is 25.8 Å². The first-order valence-corrected chi connectivity index (χ1v) is 9.95. The number of aromatic nitrogens is 3. The molecule has 142 valence electrons. The zero-order valence-corrected chi connectivity index (χ0v) is 16.3. The van der Waals surface area contributed by atoms with Crippen molar-refractivity contribution < 1.29 is 4.74 Å². The first-order valence-electron chi connectivity index (χ1n) is 9.13. The summed E-state index contributed by atoms with van der Waals surface area (Å²) in [4.78, 5) is 19.6. The van der Waals surface area contributed by atoms with Gasteiger partial charge in [-0.15, -0.1) is 5.10 Å². The minimum atomic E-state index is -0.145. The highest BCUT2D eigenvalue weighted by Crippen LogP contribution is 2.28. The number of anilines is 1. The summed E-state index contributed by atoms with van der Waals surface area (Å²) in [5, 5.41) is 8.51. The van der Waals surface area contributed by atoms with Crippen LogP contribution in [-0.2, 0) is 0 Å². The molecule has 0 spiro atoms. The fourth-order valence-corrected chi connectivity index (χ4v) is 4.37. The lowest BCUT2D eigenvalue weighted by Gasteiger charge is -2.28. The number of rotatable bonds is 6. The van der Waals surface area contributed by atoms with Crippen LogP contribution in [0.4, 0.5) is 5.13 Å². The highest BCUT2D eigenvalue weighted by molar-refractivity contribution is 7.20. The molecular formula is C19H23N5O2S. The second kappa shape index (κ2) is 7.66. The Hall–Kier alpha value is -2.45. The van der Waals surface area contributed by atoms with Crippen LogP contribution in [0.5, 0.6) is 5.75 Å². The Balaban J connectivity index is 1.56. The molecule has 2 aromatic heterocycles. The lowest BCUT2D eigenvalue weighted by Crippen LogP contribution is -2.31. The van der Waals surface area contributed by atoms with E-state index < -0.39 is 0 Å². The average Bonchev–Trinajstić information content (AvgIpc) is 3.32. The van der Waals surface area contributed by atoms with Crippen molar-refractivity contribution in [1.82, 2.24) is 19.5 Å². The van der Waals surface area contributed by atoms with Gasteiger partial charge in [-0.25, -0.2) is 4.98 Å². The smallest absolute Gasteiger partial charge is 0.275 e. The Labute approximate surface area is 161 Å². The fourth-order valence-electron chi connectivity index (χ4n) is 3.51. The van der Waals surface area contributed by atoms with Gasteiger partial charge in [-0.3, -0.25) is 9.69 Å². The summed E-state index contributed by atoms with van der Waals surface area (Å²) in [5.74, 6) is 0.860. The first kappa shape index (κ1) is 17.9. The molecule has 8 heteroatoms. The van der Waals surface area contributed by atoms with Crippen LogP contribution in [0.25, 0.3) is 4.96 Å². The number of nitrogens with zero attached hydrogens (tertiary/aromatic N) is 4. The molecule has 1 fully saturated rings. The van der Waals surface area contributed by atoms with Gasteiger partial charge < -0.3 is 10.1 Å². The van der Waals surface area contributed by atoms with Gasteiger partial charge in [0, 0.05) is 18.3 Å². The number of ether oxygens (including phenoxy) is 1. The largest absolute Gasteiger partial charge is 0.497 e. The SMILES string of the molecule is COc1ccc(C(CNc2nn3c(=O)cc(C)nc3s2)N2CCCC2)cc1. The van der Waals surface area contributed by atoms with Gasteiger partial charge >= 0.3 is 0 Å². The van der Waals surface area contributed by atoms with Crippen molar-refractivity contribution in [1.29, 1.82) is 0 Å². The van der Waals surface area contributed by atoms with Gasteiger partial charge in [-0.2, -0.15) is 4.52 Å². The second-order valence-electron chi connectivity index (χ2n) is 6.75. The zero-order chi connectivity index (χ0) is 18.8. The summed E-state index contributed by atoms with van der Waals surface area (Å²) in [6.45, 7) is 4.73. The van der Waals surface area contributed by atoms with E-state index in [9.17, 15) is 4.79 Å². The van der Waals surface area contributed by atoms with E-state index in [1.54, 1.807) is 7.11 Å². The molecule has 0 aliphatic carbocycles. The van der Waals surface area contributed by atoms with E-state index in [0.29, 0.717) is 15.8 Å². The van der Waals surface area contributed by atoms with Crippen LogP contribution < -0.4 is 15.6 Å². The van der Waals surface area contributed by atoms with Gasteiger partial charge in [0.25, 0.3) is 5.56 Å². The molecule has 1 atom stereocenters. The molecule has 3 aromatic rings. The van der Waals surface area contributed by atoms with Crippen LogP contribution in [0, 0.1) is 6.92 Å². The van der Waals surface area contributed by atoms with Crippen LogP contribution in [0.2, 0.25) is 0 Å². The normalized spacial score (nSPS) is 15.9. The number of fused-ring (bicyclic) bond motifs is 1. The van der Waals surface area contributed by atoms with Gasteiger partial charge in [0.15, 0.2) is 0 Å². The average molecular weight is 385 g/mol. The minimum Gasteiger partial charge on any atom is -0.497 e. The Morgan fingerprint density at radius 3 is 2.70 bits per heavy atom. The van der Waals surface area contributed by atoms with E-state index in [-0.39, 0.29) is 11.6 Å². The van der Waals surface area contributed by atoms with E-state index in [1.165, 1.54) is 40.3 Å². The van der Waals surface area contributed by atoms with Gasteiger partial charge in [0.1, 0.15) is 5.75 Å². The van der Waals surface area contributed by atoms with E-state index in [1.807, 2.05) is 19.1 Å². The Bertz CT molecular complexity index is 976. The van der Waals surface area contributed by atoms with Crippen LogP contribution >= 0.6 is 11.3 Å². The molecule has 1 aromatic carbocycles. The van der Waals surface area contributed by atoms with Crippen LogP contribution in [-0.4, -0.2) is 46.2 Å². The molecule has 1 aliphatic heterocycles. The molecule has 3 heterocycles. The standard InChI is InChI=1S/C19H23N5O2S/c1-13-11-17(25)24-19(21-13)27-18(22-24)20-12-16(23-9-3-4-10-23)14-5-7-15(26-2)8-6-14/h5-8,11,16H,3-4,9-10,12H2,1-2H3,(H,20,22). The lowest BCUT2D eigenvalue weighted by molar-refractivity contribution is 0.256. The number of hydrogen-bond donors (Lipinski definition) is 1. The van der Waals surface area contributed by atoms with Gasteiger partial charge in [-0.05, 0) is 50.6 Å². The third kappa shape index (κ3) is 3.81. The second-order valence-corrected chi connectivity index (χ2v) is 7.71. The first-order chi connectivity index (χ1) is 13.1. The van der Waals surface area contributed by atoms with Crippen LogP contribution in [0.3, 0.4) is 0 Å². The van der Waals surface area contributed by atoms with E-state index in [0.717, 1.165) is 25.4 Å². The highest BCUT2D eigenvalue weighted by Gasteiger charge is 2.24. The molecule has 0 saturated carbocycles. The number of likely N-dealkylation sites (tertiary alicyclic amines) is 1. The van der Waals surface area contributed by atoms with Gasteiger partial charge in [0.05, 0.1) is 13.2 Å². The van der Waals surface area contributed by atoms with E-state index in [4.69, 9.17) is 4.74 Å². The number of aryl methyl sites for hydroxylation is 1. The lowest BCUT2D eigenvalue weighted by atomic mass is 10.1. The summed E-state index contributed by atoms with van der Waals surface area (Å²) >= 11 is 1.40. The summed E-state index contributed by atoms with van der Waals surface area (Å²) in [7, 11) is 1.68. The molecule has 27 heavy (non-hydrogen) atoms. The van der Waals surface area contributed by atoms with Crippen molar-refractivity contribution in [3.05, 3.63) is 51.9 Å². The molecular weight excluding hydrogens is 362 g/mol. The molecule has 1 saturated heterocycles. The predicted octanol–water partition coefficient (Wildman–Crippen LogP) is 2.72. The monoisotopic (exact) mass is 385 g/mol. The number of benzene rings is 1. The Morgan fingerprint density at radius 2 is 2.00 bits per heavy atom. The molecule has 0 amide bonds. The molecule has 0 bridgehead atoms. The van der Waals surface area contributed by atoms with Gasteiger partial charge in [0.2, 0.25) is 10.1 Å². The highest BCUT2D eigenvalue weighted by atomic mass is 32.1. The zero-order valence-electron chi connectivity index (χ0n) is 15.5. The molecule has 4 rings (SSSR count).